The summed E-state index contributed by atoms with van der Waals surface area (Å²) in [7, 11) is 0. The number of thiophene rings is 1. The molecule has 0 unspecified atom stereocenters. The third-order valence-corrected chi connectivity index (χ3v) is 5.48. The highest BCUT2D eigenvalue weighted by atomic mass is 32.2. The van der Waals surface area contributed by atoms with Crippen LogP contribution in [-0.4, -0.2) is 20.2 Å². The second-order valence-corrected chi connectivity index (χ2v) is 7.27. The molecule has 4 rings (SSSR count). The third-order valence-electron chi connectivity index (χ3n) is 3.43. The van der Waals surface area contributed by atoms with Crippen molar-refractivity contribution in [2.45, 2.75) is 24.6 Å². The molecule has 24 heavy (non-hydrogen) atoms. The molecule has 0 amide bonds. The minimum Gasteiger partial charge on any atom is -0.425 e. The number of nitrogens with zero attached hydrogens (tertiary/aromatic N) is 4. The number of rotatable bonds is 4. The summed E-state index contributed by atoms with van der Waals surface area (Å²) in [5.74, 6) is 2.56. The van der Waals surface area contributed by atoms with Gasteiger partial charge in [-0.15, -0.1) is 21.5 Å². The highest BCUT2D eigenvalue weighted by Crippen LogP contribution is 2.37. The molecule has 0 bridgehead atoms. The summed E-state index contributed by atoms with van der Waals surface area (Å²) in [6.07, 6.45) is 0. The van der Waals surface area contributed by atoms with E-state index in [1.54, 1.807) is 30.0 Å². The lowest BCUT2D eigenvalue weighted by Crippen LogP contribution is -1.91. The van der Waals surface area contributed by atoms with Crippen LogP contribution in [0.4, 0.5) is 0 Å². The van der Waals surface area contributed by atoms with Gasteiger partial charge in [-0.25, -0.2) is 9.97 Å². The van der Waals surface area contributed by atoms with Crippen LogP contribution < -0.4 is 0 Å². The summed E-state index contributed by atoms with van der Waals surface area (Å²) in [6.45, 7) is 3.71. The first-order valence-electron chi connectivity index (χ1n) is 7.44. The van der Waals surface area contributed by atoms with Crippen molar-refractivity contribution < 1.29 is 4.42 Å². The molecule has 0 fully saturated rings. The van der Waals surface area contributed by atoms with Gasteiger partial charge in [0.05, 0.1) is 5.75 Å². The molecule has 5 nitrogen and oxygen atoms in total. The Balaban J connectivity index is 1.70. The van der Waals surface area contributed by atoms with Crippen LogP contribution in [0.25, 0.3) is 20.7 Å². The smallest absolute Gasteiger partial charge is 0.226 e. The Morgan fingerprint density at radius 3 is 2.67 bits per heavy atom. The zero-order chi connectivity index (χ0) is 16.5. The van der Waals surface area contributed by atoms with Crippen molar-refractivity contribution in [2.75, 3.05) is 0 Å². The average Bonchev–Trinajstić information content (AvgIpc) is 3.19. The van der Waals surface area contributed by atoms with Crippen LogP contribution in [0.3, 0.4) is 0 Å². The summed E-state index contributed by atoms with van der Waals surface area (Å²) < 4.78 is 5.44. The van der Waals surface area contributed by atoms with Crippen LogP contribution in [0.1, 0.15) is 17.6 Å². The Bertz CT molecular complexity index is 994. The van der Waals surface area contributed by atoms with Gasteiger partial charge in [0, 0.05) is 17.2 Å². The molecule has 0 radical (unpaired) electrons. The maximum absolute atomic E-state index is 5.44. The molecule has 0 aliphatic carbocycles. The lowest BCUT2D eigenvalue weighted by Gasteiger charge is -2.01. The second kappa shape index (κ2) is 6.33. The highest BCUT2D eigenvalue weighted by Gasteiger charge is 2.13. The number of aryl methyl sites for hydroxylation is 2. The van der Waals surface area contributed by atoms with Gasteiger partial charge < -0.3 is 4.42 Å². The molecule has 4 aromatic rings. The Labute approximate surface area is 147 Å². The first kappa shape index (κ1) is 15.3. The number of hydrogen-bond acceptors (Lipinski definition) is 7. The van der Waals surface area contributed by atoms with Crippen molar-refractivity contribution in [1.29, 1.82) is 0 Å². The van der Waals surface area contributed by atoms with E-state index in [4.69, 9.17) is 4.42 Å². The Kier molecular flexibility index (Phi) is 4.03. The van der Waals surface area contributed by atoms with E-state index in [1.165, 1.54) is 10.4 Å². The van der Waals surface area contributed by atoms with Crippen molar-refractivity contribution in [3.63, 3.8) is 0 Å². The van der Waals surface area contributed by atoms with Gasteiger partial charge in [-0.05, 0) is 18.6 Å². The number of thioether (sulfide) groups is 1. The fraction of sp³-hybridized carbons (Fsp3) is 0.176. The van der Waals surface area contributed by atoms with Crippen molar-refractivity contribution in [3.05, 3.63) is 54.0 Å². The van der Waals surface area contributed by atoms with Crippen LogP contribution in [0.15, 0.2) is 45.8 Å². The topological polar surface area (TPSA) is 64.7 Å². The molecule has 3 aromatic heterocycles. The zero-order valence-electron chi connectivity index (χ0n) is 13.2. The standard InChI is InChI=1S/C17H14N4OS2/c1-10-18-16(23-9-15-21-20-11(2)22-15)13-8-14(24-17(13)19-10)12-6-4-3-5-7-12/h3-8H,9H2,1-2H3. The first-order chi connectivity index (χ1) is 11.7. The number of aromatic nitrogens is 4. The molecule has 120 valence electrons. The van der Waals surface area contributed by atoms with E-state index in [0.717, 1.165) is 21.1 Å². The van der Waals surface area contributed by atoms with E-state index < -0.39 is 0 Å². The molecule has 0 spiro atoms. The molecule has 3 heterocycles. The number of hydrogen-bond donors (Lipinski definition) is 0. The summed E-state index contributed by atoms with van der Waals surface area (Å²) >= 11 is 3.29. The molecule has 0 aliphatic rings. The van der Waals surface area contributed by atoms with E-state index in [9.17, 15) is 0 Å². The molecule has 7 heteroatoms. The second-order valence-electron chi connectivity index (χ2n) is 5.27. The summed E-state index contributed by atoms with van der Waals surface area (Å²) in [5.41, 5.74) is 1.20. The Morgan fingerprint density at radius 2 is 1.92 bits per heavy atom. The fourth-order valence-electron chi connectivity index (χ4n) is 2.38. The number of benzene rings is 1. The van der Waals surface area contributed by atoms with Crippen LogP contribution in [0, 0.1) is 13.8 Å². The van der Waals surface area contributed by atoms with E-state index in [2.05, 4.69) is 38.4 Å². The van der Waals surface area contributed by atoms with Crippen LogP contribution >= 0.6 is 23.1 Å². The predicted molar refractivity (Wildman–Crippen MR) is 96.2 cm³/mol. The SMILES string of the molecule is Cc1nc(SCc2nnc(C)o2)c2cc(-c3ccccc3)sc2n1. The van der Waals surface area contributed by atoms with Gasteiger partial charge in [-0.3, -0.25) is 0 Å². The molecule has 0 atom stereocenters. The van der Waals surface area contributed by atoms with Gasteiger partial charge in [0.25, 0.3) is 0 Å². The summed E-state index contributed by atoms with van der Waals surface area (Å²) in [4.78, 5) is 11.4. The Morgan fingerprint density at radius 1 is 1.08 bits per heavy atom. The van der Waals surface area contributed by atoms with Crippen LogP contribution in [-0.2, 0) is 5.75 Å². The summed E-state index contributed by atoms with van der Waals surface area (Å²) in [5, 5.41) is 9.93. The van der Waals surface area contributed by atoms with Crippen molar-refractivity contribution in [1.82, 2.24) is 20.2 Å². The van der Waals surface area contributed by atoms with E-state index >= 15 is 0 Å². The van der Waals surface area contributed by atoms with Crippen LogP contribution in [0.5, 0.6) is 0 Å². The van der Waals surface area contributed by atoms with Crippen LogP contribution in [0.2, 0.25) is 0 Å². The Hall–Kier alpha value is -2.25. The molecular weight excluding hydrogens is 340 g/mol. The average molecular weight is 354 g/mol. The van der Waals surface area contributed by atoms with Crippen molar-refractivity contribution >= 4 is 33.3 Å². The van der Waals surface area contributed by atoms with Gasteiger partial charge in [0.15, 0.2) is 0 Å². The van der Waals surface area contributed by atoms with Crippen molar-refractivity contribution in [3.8, 4) is 10.4 Å². The van der Waals surface area contributed by atoms with Gasteiger partial charge in [0.2, 0.25) is 11.8 Å². The maximum atomic E-state index is 5.44. The molecule has 0 saturated carbocycles. The van der Waals surface area contributed by atoms with E-state index in [1.807, 2.05) is 25.1 Å². The van der Waals surface area contributed by atoms with E-state index in [-0.39, 0.29) is 0 Å². The molecule has 0 saturated heterocycles. The molecule has 0 aliphatic heterocycles. The highest BCUT2D eigenvalue weighted by molar-refractivity contribution is 7.98. The largest absolute Gasteiger partial charge is 0.425 e. The predicted octanol–water partition coefficient (Wildman–Crippen LogP) is 4.65. The summed E-state index contributed by atoms with van der Waals surface area (Å²) in [6, 6.07) is 12.5. The van der Waals surface area contributed by atoms with Gasteiger partial charge in [-0.1, -0.05) is 42.1 Å². The van der Waals surface area contributed by atoms with Gasteiger partial charge in [-0.2, -0.15) is 0 Å². The minimum absolute atomic E-state index is 0.580. The molecule has 1 aromatic carbocycles. The quantitative estimate of drug-likeness (QED) is 0.392. The normalized spacial score (nSPS) is 11.2. The lowest BCUT2D eigenvalue weighted by atomic mass is 10.2. The van der Waals surface area contributed by atoms with Gasteiger partial charge >= 0.3 is 0 Å². The molecule has 0 N–H and O–H groups in total. The van der Waals surface area contributed by atoms with Crippen molar-refractivity contribution in [2.24, 2.45) is 0 Å². The monoisotopic (exact) mass is 354 g/mol. The third kappa shape index (κ3) is 3.05. The number of fused-ring (bicyclic) bond motifs is 1. The fourth-order valence-corrected chi connectivity index (χ4v) is 4.41. The first-order valence-corrected chi connectivity index (χ1v) is 9.24. The lowest BCUT2D eigenvalue weighted by molar-refractivity contribution is 0.485. The molecular formula is C17H14N4OS2. The van der Waals surface area contributed by atoms with E-state index in [0.29, 0.717) is 17.5 Å². The zero-order valence-corrected chi connectivity index (χ0v) is 14.8. The maximum Gasteiger partial charge on any atom is 0.226 e. The van der Waals surface area contributed by atoms with Gasteiger partial charge in [0.1, 0.15) is 15.7 Å². The minimum atomic E-state index is 0.580.